The summed E-state index contributed by atoms with van der Waals surface area (Å²) in [5.41, 5.74) is 10.2. The molecule has 9 aromatic rings. The molecule has 7 heterocycles. The number of H-pyrrole nitrogens is 1. The number of nitrogens with zero attached hydrogens (tertiary/aromatic N) is 8. The van der Waals surface area contributed by atoms with Crippen molar-refractivity contribution in [2.24, 2.45) is 32.1 Å². The first-order valence-electron chi connectivity index (χ1n) is 24.2. The topological polar surface area (TPSA) is 101 Å². The number of nitrogens with one attached hydrogen (secondary N) is 1. The van der Waals surface area contributed by atoms with Crippen molar-refractivity contribution in [3.8, 4) is 0 Å². The lowest BCUT2D eigenvalue weighted by molar-refractivity contribution is 0.469. The zero-order chi connectivity index (χ0) is 53.0. The SMILES string of the molecule is C1=Nc2ccccc2C1.CC(C)(C)C.CC(C)(C)C.CC(C)(C)C.CC(C)(C)C.CC(C)(C)C.c1ccc2[nH]ncc2c1.c1ccc2nsnc2c1.c1ccn2ccnc2c1.c1ccn2cncc2c1. The van der Waals surface area contributed by atoms with Crippen molar-refractivity contribution in [3.63, 3.8) is 0 Å². The molecule has 10 heteroatoms. The molecule has 1 N–H and O–H groups in total. The third-order valence-corrected chi connectivity index (χ3v) is 7.22. The van der Waals surface area contributed by atoms with Crippen LogP contribution in [0.1, 0.15) is 144 Å². The molecule has 1 aliphatic rings. The largest absolute Gasteiger partial charge is 0.307 e. The van der Waals surface area contributed by atoms with Crippen LogP contribution in [0.5, 0.6) is 0 Å². The van der Waals surface area contributed by atoms with Crippen LogP contribution in [0.25, 0.3) is 33.1 Å². The number of pyridine rings is 2. The Hall–Kier alpha value is -6.00. The van der Waals surface area contributed by atoms with Gasteiger partial charge in [0.25, 0.3) is 0 Å². The molecule has 9 nitrogen and oxygen atoms in total. The van der Waals surface area contributed by atoms with Gasteiger partial charge in [0.1, 0.15) is 16.7 Å². The molecule has 70 heavy (non-hydrogen) atoms. The van der Waals surface area contributed by atoms with Crippen LogP contribution in [-0.4, -0.2) is 43.9 Å². The summed E-state index contributed by atoms with van der Waals surface area (Å²) < 4.78 is 12.0. The fraction of sp³-hybridized carbons (Fsp3) is 0.433. The summed E-state index contributed by atoms with van der Waals surface area (Å²) in [5.74, 6) is 0. The minimum atomic E-state index is 0.500. The zero-order valence-corrected chi connectivity index (χ0v) is 47.5. The number of rotatable bonds is 0. The van der Waals surface area contributed by atoms with Crippen LogP contribution in [0.3, 0.4) is 0 Å². The molecule has 0 atom stereocenters. The van der Waals surface area contributed by atoms with E-state index in [1.165, 1.54) is 17.3 Å². The van der Waals surface area contributed by atoms with Crippen molar-refractivity contribution in [2.45, 2.75) is 145 Å². The first kappa shape index (κ1) is 62.0. The van der Waals surface area contributed by atoms with Crippen LogP contribution in [0.15, 0.2) is 158 Å². The second-order valence-electron chi connectivity index (χ2n) is 24.7. The molecular formula is C60H89N9S. The molecule has 3 aromatic carbocycles. The smallest absolute Gasteiger partial charge is 0.136 e. The Kier molecular flexibility index (Phi) is 27.1. The van der Waals surface area contributed by atoms with Crippen molar-refractivity contribution >= 4 is 56.7 Å². The van der Waals surface area contributed by atoms with E-state index < -0.39 is 0 Å². The summed E-state index contributed by atoms with van der Waals surface area (Å²) in [6.07, 6.45) is 16.1. The van der Waals surface area contributed by atoms with E-state index in [0.29, 0.717) is 27.1 Å². The second kappa shape index (κ2) is 30.6. The van der Waals surface area contributed by atoms with E-state index >= 15 is 0 Å². The Morgan fingerprint density at radius 2 is 0.957 bits per heavy atom. The average Bonchev–Trinajstić information content (AvgIpc) is 4.08. The standard InChI is InChI=1S/C8H7N.3C7H6N2.C6H4N2S.5C5H12/c1-2-4-8-7(3-1)5-6-9-8;1-2-5-9-6-4-8-7(9)3-1;1-2-4-9-6-8-5-7(9)3-1;1-2-4-7-6(3-1)5-8-9-7;1-2-4-6-5(3-1)7-9-8-6;5*1-5(2,3)4/h1-4,6H,5H2;2*1-6H;1-5H,(H,8,9);1-4H;5*1-4H3. The van der Waals surface area contributed by atoms with Crippen LogP contribution in [0.2, 0.25) is 0 Å². The Balaban J connectivity index is 0.000000395. The molecule has 0 spiro atoms. The van der Waals surface area contributed by atoms with Gasteiger partial charge in [-0.15, -0.1) is 0 Å². The zero-order valence-electron chi connectivity index (χ0n) is 46.7. The van der Waals surface area contributed by atoms with Crippen molar-refractivity contribution in [2.75, 3.05) is 0 Å². The van der Waals surface area contributed by atoms with Gasteiger partial charge in [-0.2, -0.15) is 13.8 Å². The lowest BCUT2D eigenvalue weighted by Gasteiger charge is -2.05. The Bertz CT molecular complexity index is 2250. The minimum absolute atomic E-state index is 0.500. The third-order valence-electron chi connectivity index (χ3n) is 6.67. The summed E-state index contributed by atoms with van der Waals surface area (Å²) >= 11 is 1.25. The summed E-state index contributed by atoms with van der Waals surface area (Å²) in [6, 6.07) is 36.0. The van der Waals surface area contributed by atoms with Crippen LogP contribution in [0, 0.1) is 27.1 Å². The number of aromatic amines is 1. The predicted octanol–water partition coefficient (Wildman–Crippen LogP) is 18.1. The quantitative estimate of drug-likeness (QED) is 0.163. The molecule has 0 fully saturated rings. The number of aromatic nitrogens is 8. The van der Waals surface area contributed by atoms with Crippen molar-refractivity contribution in [1.82, 2.24) is 37.7 Å². The van der Waals surface area contributed by atoms with E-state index in [1.807, 2.05) is 149 Å². The van der Waals surface area contributed by atoms with Crippen molar-refractivity contribution < 1.29 is 0 Å². The fourth-order valence-electron chi connectivity index (χ4n) is 4.39. The summed E-state index contributed by atoms with van der Waals surface area (Å²) in [5, 5.41) is 7.91. The number of hydrogen-bond donors (Lipinski definition) is 1. The van der Waals surface area contributed by atoms with E-state index in [9.17, 15) is 0 Å². The number of fused-ring (bicyclic) bond motifs is 5. The molecular weight excluding hydrogens is 879 g/mol. The number of para-hydroxylation sites is 2. The van der Waals surface area contributed by atoms with E-state index in [4.69, 9.17) is 0 Å². The molecule has 0 radical (unpaired) electrons. The molecule has 0 bridgehead atoms. The lowest BCUT2D eigenvalue weighted by atomic mass is 10.0. The second-order valence-corrected chi connectivity index (χ2v) is 25.2. The van der Waals surface area contributed by atoms with Gasteiger partial charge in [-0.3, -0.25) is 10.1 Å². The van der Waals surface area contributed by atoms with Crippen LogP contribution in [-0.2, 0) is 6.42 Å². The van der Waals surface area contributed by atoms with Gasteiger partial charge in [0.2, 0.25) is 0 Å². The van der Waals surface area contributed by atoms with Crippen molar-refractivity contribution in [3.05, 3.63) is 158 Å². The molecule has 0 saturated carbocycles. The number of imidazole rings is 2. The summed E-state index contributed by atoms with van der Waals surface area (Å²) in [4.78, 5) is 12.2. The van der Waals surface area contributed by atoms with Gasteiger partial charge in [-0.25, -0.2) is 9.97 Å². The normalized spacial score (nSPS) is 11.3. The van der Waals surface area contributed by atoms with Gasteiger partial charge < -0.3 is 8.80 Å². The van der Waals surface area contributed by atoms with E-state index in [0.717, 1.165) is 45.2 Å². The molecule has 0 aliphatic carbocycles. The number of hydrogen-bond acceptors (Lipinski definition) is 7. The molecule has 10 rings (SSSR count). The predicted molar refractivity (Wildman–Crippen MR) is 308 cm³/mol. The molecule has 0 saturated heterocycles. The average molecular weight is 969 g/mol. The summed E-state index contributed by atoms with van der Waals surface area (Å²) in [6.45, 7) is 43.8. The highest BCUT2D eigenvalue weighted by molar-refractivity contribution is 7.00. The summed E-state index contributed by atoms with van der Waals surface area (Å²) in [7, 11) is 0. The van der Waals surface area contributed by atoms with Gasteiger partial charge >= 0.3 is 0 Å². The highest BCUT2D eigenvalue weighted by Crippen LogP contribution is 2.22. The van der Waals surface area contributed by atoms with Gasteiger partial charge in [0.05, 0.1) is 47.2 Å². The van der Waals surface area contributed by atoms with Crippen LogP contribution < -0.4 is 0 Å². The monoisotopic (exact) mass is 968 g/mol. The van der Waals surface area contributed by atoms with Crippen LogP contribution >= 0.6 is 11.7 Å². The number of benzene rings is 3. The van der Waals surface area contributed by atoms with E-state index in [1.54, 1.807) is 12.5 Å². The highest BCUT2D eigenvalue weighted by atomic mass is 32.1. The van der Waals surface area contributed by atoms with Gasteiger partial charge in [-0.1, -0.05) is 199 Å². The maximum absolute atomic E-state index is 4.17. The number of aliphatic imine (C=N–C) groups is 1. The maximum atomic E-state index is 4.17. The highest BCUT2D eigenvalue weighted by Gasteiger charge is 2.02. The van der Waals surface area contributed by atoms with Crippen LogP contribution in [0.4, 0.5) is 5.69 Å². The maximum Gasteiger partial charge on any atom is 0.136 e. The molecule has 1 aliphatic heterocycles. The minimum Gasteiger partial charge on any atom is -0.307 e. The fourth-order valence-corrected chi connectivity index (χ4v) is 4.92. The van der Waals surface area contributed by atoms with E-state index in [-0.39, 0.29) is 0 Å². The Morgan fingerprint density at radius 3 is 1.47 bits per heavy atom. The Labute approximate surface area is 427 Å². The molecule has 380 valence electrons. The molecule has 0 amide bonds. The lowest BCUT2D eigenvalue weighted by Crippen LogP contribution is -1.93. The van der Waals surface area contributed by atoms with Gasteiger partial charge in [0.15, 0.2) is 0 Å². The Morgan fingerprint density at radius 1 is 0.486 bits per heavy atom. The molecule has 0 unspecified atom stereocenters. The van der Waals surface area contributed by atoms with E-state index in [2.05, 4.69) is 178 Å². The third kappa shape index (κ3) is 37.0. The molecule has 6 aromatic heterocycles. The van der Waals surface area contributed by atoms with Crippen molar-refractivity contribution in [1.29, 1.82) is 0 Å². The first-order valence-corrected chi connectivity index (χ1v) is 25.0. The van der Waals surface area contributed by atoms with Gasteiger partial charge in [-0.05, 0) is 81.2 Å². The van der Waals surface area contributed by atoms with Gasteiger partial charge in [0, 0.05) is 42.8 Å². The first-order chi connectivity index (χ1) is 32.3.